The minimum absolute atomic E-state index is 0.0351. The fourth-order valence-electron chi connectivity index (χ4n) is 2.80. The average molecular weight is 238 g/mol. The van der Waals surface area contributed by atoms with Gasteiger partial charge in [-0.15, -0.1) is 0 Å². The van der Waals surface area contributed by atoms with E-state index in [1.807, 2.05) is 13.8 Å². The van der Waals surface area contributed by atoms with E-state index in [1.54, 1.807) is 7.05 Å². The first-order valence-electron chi connectivity index (χ1n) is 6.44. The zero-order valence-electron chi connectivity index (χ0n) is 10.9. The van der Waals surface area contributed by atoms with Crippen LogP contribution < -0.4 is 10.6 Å². The molecule has 4 nitrogen and oxygen atoms in total. The monoisotopic (exact) mass is 238 g/mol. The zero-order chi connectivity index (χ0) is 12.6. The van der Waals surface area contributed by atoms with Crippen LogP contribution >= 0.6 is 0 Å². The van der Waals surface area contributed by atoms with Crippen LogP contribution in [0.25, 0.3) is 0 Å². The lowest BCUT2D eigenvalue weighted by Gasteiger charge is -2.24. The number of amides is 2. The van der Waals surface area contributed by atoms with Gasteiger partial charge in [0.05, 0.1) is 5.41 Å². The summed E-state index contributed by atoms with van der Waals surface area (Å²) >= 11 is 0. The number of hydrogen-bond acceptors (Lipinski definition) is 2. The summed E-state index contributed by atoms with van der Waals surface area (Å²) in [7, 11) is 1.62. The highest BCUT2D eigenvalue weighted by Crippen LogP contribution is 2.54. The zero-order valence-corrected chi connectivity index (χ0v) is 10.9. The molecule has 0 aliphatic heterocycles. The van der Waals surface area contributed by atoms with E-state index in [0.717, 1.165) is 24.7 Å². The Labute approximate surface area is 103 Å². The van der Waals surface area contributed by atoms with Gasteiger partial charge in [0, 0.05) is 19.5 Å². The van der Waals surface area contributed by atoms with Gasteiger partial charge < -0.3 is 10.6 Å². The van der Waals surface area contributed by atoms with Crippen molar-refractivity contribution in [3.63, 3.8) is 0 Å². The first-order chi connectivity index (χ1) is 7.94. The highest BCUT2D eigenvalue weighted by atomic mass is 16.2. The van der Waals surface area contributed by atoms with Gasteiger partial charge in [-0.3, -0.25) is 9.59 Å². The van der Waals surface area contributed by atoms with Gasteiger partial charge in [0.15, 0.2) is 0 Å². The first kappa shape index (κ1) is 12.4. The molecule has 0 aromatic heterocycles. The lowest BCUT2D eigenvalue weighted by Crippen LogP contribution is -2.45. The molecule has 2 amide bonds. The molecule has 0 aromatic rings. The Kier molecular flexibility index (Phi) is 3.15. The molecule has 17 heavy (non-hydrogen) atoms. The molecule has 2 aliphatic carbocycles. The van der Waals surface area contributed by atoms with E-state index in [-0.39, 0.29) is 17.7 Å². The van der Waals surface area contributed by atoms with E-state index in [1.165, 1.54) is 6.42 Å². The van der Waals surface area contributed by atoms with Crippen LogP contribution in [-0.2, 0) is 9.59 Å². The summed E-state index contributed by atoms with van der Waals surface area (Å²) in [4.78, 5) is 23.5. The Hall–Kier alpha value is -1.06. The largest absolute Gasteiger partial charge is 0.359 e. The van der Waals surface area contributed by atoms with Crippen LogP contribution in [0, 0.1) is 23.2 Å². The van der Waals surface area contributed by atoms with E-state index >= 15 is 0 Å². The van der Waals surface area contributed by atoms with Gasteiger partial charge >= 0.3 is 0 Å². The van der Waals surface area contributed by atoms with E-state index in [0.29, 0.717) is 6.54 Å². The summed E-state index contributed by atoms with van der Waals surface area (Å²) in [6.07, 6.45) is 3.43. The van der Waals surface area contributed by atoms with Crippen molar-refractivity contribution in [2.24, 2.45) is 23.2 Å². The van der Waals surface area contributed by atoms with Crippen molar-refractivity contribution >= 4 is 11.8 Å². The molecule has 0 bridgehead atoms. The Morgan fingerprint density at radius 2 is 1.76 bits per heavy atom. The van der Waals surface area contributed by atoms with E-state index in [9.17, 15) is 9.59 Å². The highest BCUT2D eigenvalue weighted by molar-refractivity contribution is 5.84. The summed E-state index contributed by atoms with van der Waals surface area (Å²) in [6, 6.07) is 0. The van der Waals surface area contributed by atoms with Crippen molar-refractivity contribution in [2.75, 3.05) is 13.6 Å². The van der Waals surface area contributed by atoms with Crippen LogP contribution in [0.2, 0.25) is 0 Å². The predicted octanol–water partition coefficient (Wildman–Crippen LogP) is 0.921. The number of fused-ring (bicyclic) bond motifs is 1. The van der Waals surface area contributed by atoms with Gasteiger partial charge in [-0.1, -0.05) is 0 Å². The maximum absolute atomic E-state index is 11.9. The van der Waals surface area contributed by atoms with E-state index < -0.39 is 5.41 Å². The highest BCUT2D eigenvalue weighted by Gasteiger charge is 2.48. The standard InChI is InChI=1S/C13H22N2O2/c1-13(2,12(17)14-3)7-15-11(16)10-5-8-4-9(8)6-10/h8-10H,4-7H2,1-3H3,(H,14,17)(H,15,16). The van der Waals surface area contributed by atoms with Crippen LogP contribution in [0.4, 0.5) is 0 Å². The number of nitrogens with one attached hydrogen (secondary N) is 2. The second-order valence-electron chi connectivity index (χ2n) is 6.11. The Bertz CT molecular complexity index is 328. The molecule has 0 spiro atoms. The van der Waals surface area contributed by atoms with E-state index in [2.05, 4.69) is 10.6 Å². The lowest BCUT2D eigenvalue weighted by atomic mass is 9.91. The fourth-order valence-corrected chi connectivity index (χ4v) is 2.80. The second kappa shape index (κ2) is 4.31. The molecular formula is C13H22N2O2. The Balaban J connectivity index is 1.77. The average Bonchev–Trinajstić information content (AvgIpc) is 2.92. The predicted molar refractivity (Wildman–Crippen MR) is 65.2 cm³/mol. The Morgan fingerprint density at radius 1 is 1.18 bits per heavy atom. The normalized spacial score (nSPS) is 30.6. The maximum Gasteiger partial charge on any atom is 0.227 e. The van der Waals surface area contributed by atoms with Crippen LogP contribution in [0.3, 0.4) is 0 Å². The molecule has 96 valence electrons. The summed E-state index contributed by atoms with van der Waals surface area (Å²) < 4.78 is 0. The van der Waals surface area contributed by atoms with Crippen molar-refractivity contribution in [2.45, 2.75) is 33.1 Å². The topological polar surface area (TPSA) is 58.2 Å². The van der Waals surface area contributed by atoms with Crippen molar-refractivity contribution in [1.82, 2.24) is 10.6 Å². The van der Waals surface area contributed by atoms with Gasteiger partial charge in [-0.05, 0) is 44.9 Å². The van der Waals surface area contributed by atoms with Gasteiger partial charge in [0.2, 0.25) is 11.8 Å². The molecule has 2 N–H and O–H groups in total. The maximum atomic E-state index is 11.9. The minimum Gasteiger partial charge on any atom is -0.359 e. The van der Waals surface area contributed by atoms with Crippen LogP contribution in [-0.4, -0.2) is 25.4 Å². The van der Waals surface area contributed by atoms with Gasteiger partial charge in [-0.25, -0.2) is 0 Å². The summed E-state index contributed by atoms with van der Waals surface area (Å²) in [5, 5.41) is 5.54. The third kappa shape index (κ3) is 2.61. The van der Waals surface area contributed by atoms with Gasteiger partial charge in [0.25, 0.3) is 0 Å². The SMILES string of the molecule is CNC(=O)C(C)(C)CNC(=O)C1CC2CC2C1. The van der Waals surface area contributed by atoms with Crippen molar-refractivity contribution in [3.8, 4) is 0 Å². The Morgan fingerprint density at radius 3 is 2.29 bits per heavy atom. The third-order valence-corrected chi connectivity index (χ3v) is 4.16. The van der Waals surface area contributed by atoms with Crippen molar-refractivity contribution < 1.29 is 9.59 Å². The van der Waals surface area contributed by atoms with Gasteiger partial charge in [0.1, 0.15) is 0 Å². The minimum atomic E-state index is -0.536. The van der Waals surface area contributed by atoms with Crippen LogP contribution in [0.5, 0.6) is 0 Å². The van der Waals surface area contributed by atoms with E-state index in [4.69, 9.17) is 0 Å². The summed E-state index contributed by atoms with van der Waals surface area (Å²) in [5.41, 5.74) is -0.536. The molecule has 0 aromatic carbocycles. The second-order valence-corrected chi connectivity index (χ2v) is 6.11. The molecule has 4 heteroatoms. The molecule has 0 radical (unpaired) electrons. The lowest BCUT2D eigenvalue weighted by molar-refractivity contribution is -0.130. The van der Waals surface area contributed by atoms with Crippen LogP contribution in [0.15, 0.2) is 0 Å². The molecular weight excluding hydrogens is 216 g/mol. The smallest absolute Gasteiger partial charge is 0.227 e. The van der Waals surface area contributed by atoms with Crippen LogP contribution in [0.1, 0.15) is 33.1 Å². The molecule has 2 aliphatic rings. The quantitative estimate of drug-likeness (QED) is 0.765. The molecule has 2 saturated carbocycles. The molecule has 0 heterocycles. The molecule has 2 atom stereocenters. The molecule has 2 rings (SSSR count). The summed E-state index contributed by atoms with van der Waals surface area (Å²) in [5.74, 6) is 1.93. The number of carbonyl (C=O) groups excluding carboxylic acids is 2. The number of carbonyl (C=O) groups is 2. The fraction of sp³-hybridized carbons (Fsp3) is 0.846. The molecule has 2 fully saturated rings. The van der Waals surface area contributed by atoms with Crippen molar-refractivity contribution in [3.05, 3.63) is 0 Å². The number of hydrogen-bond donors (Lipinski definition) is 2. The van der Waals surface area contributed by atoms with Gasteiger partial charge in [-0.2, -0.15) is 0 Å². The summed E-state index contributed by atoms with van der Waals surface area (Å²) in [6.45, 7) is 4.10. The van der Waals surface area contributed by atoms with Crippen molar-refractivity contribution in [1.29, 1.82) is 0 Å². The number of rotatable bonds is 4. The first-order valence-corrected chi connectivity index (χ1v) is 6.44. The molecule has 2 unspecified atom stereocenters. The molecule has 0 saturated heterocycles. The third-order valence-electron chi connectivity index (χ3n) is 4.16.